The van der Waals surface area contributed by atoms with Gasteiger partial charge in [-0.05, 0) is 36.4 Å². The summed E-state index contributed by atoms with van der Waals surface area (Å²) in [5.74, 6) is -0.0550. The van der Waals surface area contributed by atoms with Crippen molar-refractivity contribution in [2.24, 2.45) is 4.99 Å². The molecule has 0 bridgehead atoms. The van der Waals surface area contributed by atoms with Crippen LogP contribution in [0.3, 0.4) is 0 Å². The number of hydrogen-bond acceptors (Lipinski definition) is 6. The molecule has 1 unspecified atom stereocenters. The molecule has 1 N–H and O–H groups in total. The lowest BCUT2D eigenvalue weighted by molar-refractivity contribution is -0.249. The highest BCUT2D eigenvalue weighted by atomic mass is 32.2. The molecule has 0 fully saturated rings. The number of alkyl halides is 3. The van der Waals surface area contributed by atoms with Crippen LogP contribution in [0.1, 0.15) is 5.56 Å². The summed E-state index contributed by atoms with van der Waals surface area (Å²) in [7, 11) is 0.136. The van der Waals surface area contributed by atoms with Gasteiger partial charge in [0, 0.05) is 37.3 Å². The molecular formula is C19H20F3N3O3S. The minimum Gasteiger partial charge on any atom is -0.378 e. The van der Waals surface area contributed by atoms with E-state index in [1.165, 1.54) is 29.2 Å². The van der Waals surface area contributed by atoms with Gasteiger partial charge in [0.2, 0.25) is 0 Å². The van der Waals surface area contributed by atoms with Gasteiger partial charge in [-0.15, -0.1) is 0 Å². The highest BCUT2D eigenvalue weighted by Gasteiger charge is 2.58. The quantitative estimate of drug-likeness (QED) is 0.812. The number of aliphatic imine (C=N–C) groups is 1. The molecule has 1 aliphatic heterocycles. The number of anilines is 2. The average Bonchev–Trinajstić information content (AvgIpc) is 3.00. The fraction of sp³-hybridized carbons (Fsp3) is 0.316. The third-order valence-electron chi connectivity index (χ3n) is 4.58. The summed E-state index contributed by atoms with van der Waals surface area (Å²) >= 11 is 0. The van der Waals surface area contributed by atoms with Gasteiger partial charge in [-0.3, -0.25) is 0 Å². The molecule has 0 saturated heterocycles. The molecule has 6 nitrogen and oxygen atoms in total. The van der Waals surface area contributed by atoms with E-state index in [0.717, 1.165) is 11.9 Å². The lowest BCUT2D eigenvalue weighted by Gasteiger charge is -2.26. The second kappa shape index (κ2) is 7.03. The molecule has 2 aromatic rings. The Bertz CT molecular complexity index is 1050. The molecule has 0 aliphatic carbocycles. The van der Waals surface area contributed by atoms with E-state index in [2.05, 4.69) is 4.99 Å². The molecule has 0 aromatic heterocycles. The Morgan fingerprint density at radius 2 is 1.76 bits per heavy atom. The van der Waals surface area contributed by atoms with Crippen molar-refractivity contribution in [2.45, 2.75) is 16.8 Å². The first-order chi connectivity index (χ1) is 13.3. The fourth-order valence-electron chi connectivity index (χ4n) is 2.95. The van der Waals surface area contributed by atoms with Crippen molar-refractivity contribution in [3.05, 3.63) is 54.1 Å². The number of hydrogen-bond donors (Lipinski definition) is 1. The van der Waals surface area contributed by atoms with Crippen LogP contribution in [0.25, 0.3) is 0 Å². The molecule has 1 heterocycles. The summed E-state index contributed by atoms with van der Waals surface area (Å²) in [6.07, 6.45) is -3.93. The summed E-state index contributed by atoms with van der Waals surface area (Å²) in [6.45, 7) is -0.837. The second-order valence-electron chi connectivity index (χ2n) is 7.05. The number of aliphatic hydroxyl groups is 1. The van der Waals surface area contributed by atoms with Gasteiger partial charge in [0.05, 0.1) is 11.4 Å². The summed E-state index contributed by atoms with van der Waals surface area (Å²) in [6, 6.07) is 12.1. The molecule has 1 aliphatic rings. The summed E-state index contributed by atoms with van der Waals surface area (Å²) in [4.78, 5) is 6.69. The second-order valence-corrected chi connectivity index (χ2v) is 9.06. The van der Waals surface area contributed by atoms with E-state index in [4.69, 9.17) is 0 Å². The van der Waals surface area contributed by atoms with Crippen LogP contribution >= 0.6 is 0 Å². The highest BCUT2D eigenvalue weighted by molar-refractivity contribution is 7.90. The van der Waals surface area contributed by atoms with Crippen LogP contribution in [0, 0.1) is 0 Å². The Morgan fingerprint density at radius 1 is 1.14 bits per heavy atom. The Balaban J connectivity index is 2.10. The molecule has 0 spiro atoms. The maximum absolute atomic E-state index is 13.5. The van der Waals surface area contributed by atoms with Crippen molar-refractivity contribution in [2.75, 3.05) is 36.7 Å². The topological polar surface area (TPSA) is 73.2 Å². The van der Waals surface area contributed by atoms with E-state index in [-0.39, 0.29) is 16.4 Å². The molecule has 10 heteroatoms. The molecule has 3 rings (SSSR count). The van der Waals surface area contributed by atoms with Crippen LogP contribution in [0.5, 0.6) is 0 Å². The van der Waals surface area contributed by atoms with Crippen molar-refractivity contribution in [1.29, 1.82) is 0 Å². The zero-order valence-electron chi connectivity index (χ0n) is 16.0. The van der Waals surface area contributed by atoms with Crippen molar-refractivity contribution in [3.8, 4) is 0 Å². The van der Waals surface area contributed by atoms with Crippen molar-refractivity contribution in [1.82, 2.24) is 0 Å². The highest BCUT2D eigenvalue weighted by Crippen LogP contribution is 2.39. The number of amidine groups is 1. The van der Waals surface area contributed by atoms with Crippen molar-refractivity contribution < 1.29 is 26.7 Å². The van der Waals surface area contributed by atoms with Gasteiger partial charge in [-0.1, -0.05) is 12.1 Å². The zero-order chi connectivity index (χ0) is 21.6. The van der Waals surface area contributed by atoms with E-state index in [0.29, 0.717) is 5.56 Å². The first kappa shape index (κ1) is 21.1. The Hall–Kier alpha value is -2.59. The van der Waals surface area contributed by atoms with Crippen molar-refractivity contribution >= 4 is 27.0 Å². The minimum atomic E-state index is -4.97. The van der Waals surface area contributed by atoms with Crippen molar-refractivity contribution in [3.63, 3.8) is 0 Å². The zero-order valence-corrected chi connectivity index (χ0v) is 16.8. The van der Waals surface area contributed by atoms with Crippen LogP contribution in [-0.2, 0) is 9.84 Å². The number of benzene rings is 2. The monoisotopic (exact) mass is 427 g/mol. The normalized spacial score (nSPS) is 20.0. The maximum Gasteiger partial charge on any atom is 0.440 e. The molecular weight excluding hydrogens is 407 g/mol. The number of halogens is 3. The van der Waals surface area contributed by atoms with Gasteiger partial charge in [-0.25, -0.2) is 13.4 Å². The summed E-state index contributed by atoms with van der Waals surface area (Å²) in [5.41, 5.74) is -1.85. The van der Waals surface area contributed by atoms with E-state index in [9.17, 15) is 26.7 Å². The van der Waals surface area contributed by atoms with E-state index in [1.807, 2.05) is 0 Å². The van der Waals surface area contributed by atoms with Gasteiger partial charge >= 0.3 is 6.18 Å². The maximum atomic E-state index is 13.5. The molecule has 156 valence electrons. The molecule has 29 heavy (non-hydrogen) atoms. The summed E-state index contributed by atoms with van der Waals surface area (Å²) in [5, 5.41) is 10.2. The molecule has 1 atom stereocenters. The van der Waals surface area contributed by atoms with E-state index < -0.39 is 28.3 Å². The van der Waals surface area contributed by atoms with Gasteiger partial charge < -0.3 is 14.9 Å². The Kier molecular flexibility index (Phi) is 5.12. The van der Waals surface area contributed by atoms with E-state index in [1.54, 1.807) is 43.3 Å². The van der Waals surface area contributed by atoms with Gasteiger partial charge in [0.25, 0.3) is 5.72 Å². The largest absolute Gasteiger partial charge is 0.440 e. The predicted octanol–water partition coefficient (Wildman–Crippen LogP) is 2.67. The van der Waals surface area contributed by atoms with Gasteiger partial charge in [0.1, 0.15) is 5.84 Å². The van der Waals surface area contributed by atoms with Crippen LogP contribution < -0.4 is 9.80 Å². The lowest BCUT2D eigenvalue weighted by atomic mass is 10.1. The number of sulfone groups is 1. The van der Waals surface area contributed by atoms with Gasteiger partial charge in [0.15, 0.2) is 9.84 Å². The van der Waals surface area contributed by atoms with Crippen LogP contribution in [0.15, 0.2) is 58.4 Å². The third-order valence-corrected chi connectivity index (χ3v) is 5.70. The first-order valence-electron chi connectivity index (χ1n) is 8.56. The van der Waals surface area contributed by atoms with E-state index >= 15 is 0 Å². The molecule has 0 amide bonds. The minimum absolute atomic E-state index is 0.0413. The average molecular weight is 427 g/mol. The standard InChI is InChI=1S/C19H20F3N3O3S/c1-24(2)15-6-4-5-13(11-15)17-23-18(26,19(20,21)22)12-25(17)14-7-9-16(10-8-14)29(3,27)28/h4-11,26H,12H2,1-3H3. The SMILES string of the molecule is CN(C)c1cccc(C2=NC(O)(C(F)(F)F)CN2c2ccc(S(C)(=O)=O)cc2)c1. The smallest absolute Gasteiger partial charge is 0.378 e. The summed E-state index contributed by atoms with van der Waals surface area (Å²) < 4.78 is 63.8. The van der Waals surface area contributed by atoms with Crippen LogP contribution in [0.2, 0.25) is 0 Å². The molecule has 2 aromatic carbocycles. The number of rotatable bonds is 4. The third kappa shape index (κ3) is 4.08. The van der Waals surface area contributed by atoms with Crippen LogP contribution in [-0.4, -0.2) is 58.2 Å². The lowest BCUT2D eigenvalue weighted by Crippen LogP contribution is -2.47. The first-order valence-corrected chi connectivity index (χ1v) is 10.5. The predicted molar refractivity (Wildman–Crippen MR) is 105 cm³/mol. The van der Waals surface area contributed by atoms with Gasteiger partial charge in [-0.2, -0.15) is 13.2 Å². The molecule has 0 saturated carbocycles. The Labute approximate surface area is 166 Å². The molecule has 0 radical (unpaired) electrons. The fourth-order valence-corrected chi connectivity index (χ4v) is 3.58. The van der Waals surface area contributed by atoms with Crippen LogP contribution in [0.4, 0.5) is 24.5 Å². The Morgan fingerprint density at radius 3 is 2.28 bits per heavy atom. The number of nitrogens with zero attached hydrogens (tertiary/aromatic N) is 3. The number of β-amino-alcohol motifs (C(OH)–C–C–N with tert-alkyl or cyclic N) is 1.